The summed E-state index contributed by atoms with van der Waals surface area (Å²) in [6.07, 6.45) is 1.30. The van der Waals surface area contributed by atoms with Crippen LogP contribution in [-0.4, -0.2) is 21.7 Å². The molecule has 0 saturated carbocycles. The van der Waals surface area contributed by atoms with E-state index in [0.717, 1.165) is 6.20 Å². The average Bonchev–Trinajstić information content (AvgIpc) is 2.35. The number of esters is 1. The highest BCUT2D eigenvalue weighted by Gasteiger charge is 2.41. The number of halogens is 1. The molecule has 0 aromatic carbocycles. The van der Waals surface area contributed by atoms with Gasteiger partial charge in [-0.3, -0.25) is 9.78 Å². The zero-order valence-electron chi connectivity index (χ0n) is 12.6. The Kier molecular flexibility index (Phi) is 4.86. The molecule has 0 aliphatic carbocycles. The Morgan fingerprint density at radius 2 is 2.05 bits per heavy atom. The minimum atomic E-state index is -1.48. The Hall–Kier alpha value is -1.49. The number of carbonyl (C=O) groups is 1. The van der Waals surface area contributed by atoms with Crippen molar-refractivity contribution in [2.45, 2.75) is 52.2 Å². The quantitative estimate of drug-likeness (QED) is 0.863. The summed E-state index contributed by atoms with van der Waals surface area (Å²) >= 11 is 0. The smallest absolute Gasteiger partial charge is 0.312 e. The van der Waals surface area contributed by atoms with Crippen molar-refractivity contribution in [2.24, 2.45) is 5.92 Å². The summed E-state index contributed by atoms with van der Waals surface area (Å²) in [7, 11) is 0. The predicted octanol–water partition coefficient (Wildman–Crippen LogP) is 2.80. The topological polar surface area (TPSA) is 59.4 Å². The second kappa shape index (κ2) is 5.87. The van der Waals surface area contributed by atoms with Crippen LogP contribution in [0.5, 0.6) is 0 Å². The Morgan fingerprint density at radius 1 is 1.45 bits per heavy atom. The lowest BCUT2D eigenvalue weighted by Gasteiger charge is -2.33. The molecule has 0 aliphatic heterocycles. The van der Waals surface area contributed by atoms with E-state index in [4.69, 9.17) is 4.74 Å². The van der Waals surface area contributed by atoms with Crippen LogP contribution in [0.4, 0.5) is 4.39 Å². The lowest BCUT2D eigenvalue weighted by molar-refractivity contribution is -0.170. The number of hydrogen-bond donors (Lipinski definition) is 1. The largest absolute Gasteiger partial charge is 0.460 e. The van der Waals surface area contributed by atoms with Gasteiger partial charge in [0, 0.05) is 0 Å². The van der Waals surface area contributed by atoms with E-state index in [2.05, 4.69) is 4.98 Å². The molecule has 4 nitrogen and oxygen atoms in total. The number of ether oxygens (including phenoxy) is 1. The van der Waals surface area contributed by atoms with Crippen molar-refractivity contribution >= 4 is 5.97 Å². The van der Waals surface area contributed by atoms with Gasteiger partial charge < -0.3 is 9.84 Å². The van der Waals surface area contributed by atoms with E-state index >= 15 is 0 Å². The van der Waals surface area contributed by atoms with Crippen LogP contribution in [0.25, 0.3) is 0 Å². The molecule has 5 heteroatoms. The Balaban J connectivity index is 3.04. The average molecular weight is 283 g/mol. The van der Waals surface area contributed by atoms with Gasteiger partial charge >= 0.3 is 5.97 Å². The van der Waals surface area contributed by atoms with Crippen LogP contribution < -0.4 is 0 Å². The van der Waals surface area contributed by atoms with E-state index in [0.29, 0.717) is 0 Å². The summed E-state index contributed by atoms with van der Waals surface area (Å²) in [6, 6.07) is 2.60. The van der Waals surface area contributed by atoms with Crippen molar-refractivity contribution in [3.8, 4) is 0 Å². The molecule has 1 N–H and O–H groups in total. The standard InChI is InChI=1S/C15H22FNO3/c1-6-15(19,12-8-7-11(16)9-17-12)10(2)13(18)20-14(3,4)5/h7-10,19H,6H2,1-5H3. The van der Waals surface area contributed by atoms with E-state index in [1.807, 2.05) is 0 Å². The molecule has 2 atom stereocenters. The maximum absolute atomic E-state index is 12.9. The molecule has 1 aromatic heterocycles. The molecule has 1 heterocycles. The van der Waals surface area contributed by atoms with Gasteiger partial charge in [-0.25, -0.2) is 4.39 Å². The summed E-state index contributed by atoms with van der Waals surface area (Å²) in [5.41, 5.74) is -1.84. The van der Waals surface area contributed by atoms with Gasteiger partial charge in [-0.05, 0) is 46.2 Å². The van der Waals surface area contributed by atoms with Crippen molar-refractivity contribution in [1.82, 2.24) is 4.98 Å². The highest BCUT2D eigenvalue weighted by molar-refractivity contribution is 5.74. The van der Waals surface area contributed by atoms with E-state index < -0.39 is 28.9 Å². The van der Waals surface area contributed by atoms with Crippen LogP contribution in [0, 0.1) is 11.7 Å². The second-order valence-electron chi connectivity index (χ2n) is 5.89. The lowest BCUT2D eigenvalue weighted by Crippen LogP contribution is -2.41. The fraction of sp³-hybridized carbons (Fsp3) is 0.600. The minimum Gasteiger partial charge on any atom is -0.460 e. The third-order valence-electron chi connectivity index (χ3n) is 3.19. The first kappa shape index (κ1) is 16.6. The molecule has 0 fully saturated rings. The van der Waals surface area contributed by atoms with Gasteiger partial charge in [0.15, 0.2) is 0 Å². The first-order chi connectivity index (χ1) is 9.10. The summed E-state index contributed by atoms with van der Waals surface area (Å²) in [5, 5.41) is 10.7. The first-order valence-corrected chi connectivity index (χ1v) is 6.67. The maximum Gasteiger partial charge on any atom is 0.312 e. The Labute approximate surface area is 119 Å². The molecule has 20 heavy (non-hydrogen) atoms. The maximum atomic E-state index is 12.9. The molecule has 0 saturated heterocycles. The molecular formula is C15H22FNO3. The monoisotopic (exact) mass is 283 g/mol. The van der Waals surface area contributed by atoms with Crippen molar-refractivity contribution in [3.63, 3.8) is 0 Å². The van der Waals surface area contributed by atoms with Gasteiger partial charge in [0.2, 0.25) is 0 Å². The number of rotatable bonds is 4. The van der Waals surface area contributed by atoms with Crippen LogP contribution in [0.1, 0.15) is 46.7 Å². The summed E-state index contributed by atoms with van der Waals surface area (Å²) < 4.78 is 18.2. The van der Waals surface area contributed by atoms with E-state index in [1.165, 1.54) is 12.1 Å². The normalized spacial score (nSPS) is 16.4. The second-order valence-corrected chi connectivity index (χ2v) is 5.89. The number of nitrogens with zero attached hydrogens (tertiary/aromatic N) is 1. The molecule has 0 amide bonds. The molecule has 0 spiro atoms. The fourth-order valence-electron chi connectivity index (χ4n) is 1.93. The van der Waals surface area contributed by atoms with Crippen LogP contribution in [-0.2, 0) is 15.1 Å². The molecule has 2 unspecified atom stereocenters. The highest BCUT2D eigenvalue weighted by Crippen LogP contribution is 2.33. The molecular weight excluding hydrogens is 261 g/mol. The van der Waals surface area contributed by atoms with Crippen molar-refractivity contribution in [2.75, 3.05) is 0 Å². The predicted molar refractivity (Wildman–Crippen MR) is 73.4 cm³/mol. The first-order valence-electron chi connectivity index (χ1n) is 6.67. The summed E-state index contributed by atoms with van der Waals surface area (Å²) in [4.78, 5) is 16.0. The number of aromatic nitrogens is 1. The van der Waals surface area contributed by atoms with Gasteiger partial charge in [0.1, 0.15) is 17.0 Å². The van der Waals surface area contributed by atoms with Gasteiger partial charge in [-0.1, -0.05) is 6.92 Å². The fourth-order valence-corrected chi connectivity index (χ4v) is 1.93. The van der Waals surface area contributed by atoms with Crippen molar-refractivity contribution in [3.05, 3.63) is 29.8 Å². The highest BCUT2D eigenvalue weighted by atomic mass is 19.1. The number of hydrogen-bond acceptors (Lipinski definition) is 4. The molecule has 0 radical (unpaired) electrons. The van der Waals surface area contributed by atoms with Gasteiger partial charge in [0.05, 0.1) is 17.8 Å². The lowest BCUT2D eigenvalue weighted by atomic mass is 9.83. The van der Waals surface area contributed by atoms with Crippen LogP contribution >= 0.6 is 0 Å². The number of aliphatic hydroxyl groups is 1. The van der Waals surface area contributed by atoms with Gasteiger partial charge in [0.25, 0.3) is 0 Å². The zero-order chi connectivity index (χ0) is 15.6. The minimum absolute atomic E-state index is 0.264. The molecule has 0 bridgehead atoms. The molecule has 112 valence electrons. The van der Waals surface area contributed by atoms with Crippen LogP contribution in [0.3, 0.4) is 0 Å². The van der Waals surface area contributed by atoms with Crippen LogP contribution in [0.15, 0.2) is 18.3 Å². The Bertz CT molecular complexity index is 467. The summed E-state index contributed by atoms with van der Waals surface area (Å²) in [5.74, 6) is -1.80. The number of pyridine rings is 1. The van der Waals surface area contributed by atoms with Crippen LogP contribution in [0.2, 0.25) is 0 Å². The van der Waals surface area contributed by atoms with Gasteiger partial charge in [-0.15, -0.1) is 0 Å². The summed E-state index contributed by atoms with van der Waals surface area (Å²) in [6.45, 7) is 8.62. The Morgan fingerprint density at radius 3 is 2.45 bits per heavy atom. The van der Waals surface area contributed by atoms with Gasteiger partial charge in [-0.2, -0.15) is 0 Å². The third kappa shape index (κ3) is 3.76. The van der Waals surface area contributed by atoms with E-state index in [9.17, 15) is 14.3 Å². The third-order valence-corrected chi connectivity index (χ3v) is 3.19. The molecule has 0 aliphatic rings. The SMILES string of the molecule is CCC(O)(c1ccc(F)cn1)C(C)C(=O)OC(C)(C)C. The molecule has 1 aromatic rings. The van der Waals surface area contributed by atoms with Crippen molar-refractivity contribution < 1.29 is 19.0 Å². The van der Waals surface area contributed by atoms with E-state index in [1.54, 1.807) is 34.6 Å². The number of carbonyl (C=O) groups excluding carboxylic acids is 1. The van der Waals surface area contributed by atoms with Crippen molar-refractivity contribution in [1.29, 1.82) is 0 Å². The van der Waals surface area contributed by atoms with E-state index in [-0.39, 0.29) is 12.1 Å². The zero-order valence-corrected chi connectivity index (χ0v) is 12.6. The molecule has 1 rings (SSSR count).